The van der Waals surface area contributed by atoms with E-state index in [4.69, 9.17) is 0 Å². The van der Waals surface area contributed by atoms with Crippen molar-refractivity contribution in [2.45, 2.75) is 13.0 Å². The number of hydrogen-bond acceptors (Lipinski definition) is 2. The van der Waals surface area contributed by atoms with Crippen LogP contribution in [-0.2, 0) is 11.0 Å². The molecule has 0 aliphatic rings. The highest BCUT2D eigenvalue weighted by Crippen LogP contribution is 2.12. The van der Waals surface area contributed by atoms with Crippen LogP contribution in [-0.4, -0.2) is 16.8 Å². The van der Waals surface area contributed by atoms with Gasteiger partial charge in [0.2, 0.25) is 0 Å². The highest BCUT2D eigenvalue weighted by molar-refractivity contribution is 7.82. The maximum Gasteiger partial charge on any atom is 0.150 e. The molecule has 0 fully saturated rings. The molecule has 0 saturated carbocycles. The van der Waals surface area contributed by atoms with Crippen LogP contribution in [0.1, 0.15) is 28.9 Å². The first-order valence-corrected chi connectivity index (χ1v) is 5.84. The Kier molecular flexibility index (Phi) is 3.98. The van der Waals surface area contributed by atoms with Crippen molar-refractivity contribution in [3.05, 3.63) is 35.4 Å². The molecule has 76 valence electrons. The molecule has 0 heterocycles. The average molecular weight is 211 g/mol. The van der Waals surface area contributed by atoms with Gasteiger partial charge in [0, 0.05) is 17.9 Å². The lowest BCUT2D eigenvalue weighted by molar-refractivity contribution is 0.112. The molecule has 1 unspecified atom stereocenters. The van der Waals surface area contributed by atoms with Crippen LogP contribution in [0.15, 0.2) is 24.3 Å². The van der Waals surface area contributed by atoms with Gasteiger partial charge in [0.05, 0.1) is 11.0 Å². The van der Waals surface area contributed by atoms with Crippen LogP contribution >= 0.6 is 0 Å². The summed E-state index contributed by atoms with van der Waals surface area (Å²) in [6, 6.07) is 7.24. The van der Waals surface area contributed by atoms with Crippen molar-refractivity contribution >= 4 is 17.3 Å². The molecule has 4 heteroatoms. The number of aldehydes is 1. The van der Waals surface area contributed by atoms with E-state index in [-0.39, 0.29) is 6.04 Å². The molecule has 1 rings (SSSR count). The molecule has 0 saturated heterocycles. The molecule has 0 spiro atoms. The van der Waals surface area contributed by atoms with E-state index in [1.54, 1.807) is 18.4 Å². The van der Waals surface area contributed by atoms with Gasteiger partial charge >= 0.3 is 0 Å². The number of carbonyl (C=O) groups is 1. The van der Waals surface area contributed by atoms with Crippen molar-refractivity contribution in [2.24, 2.45) is 0 Å². The Balaban J connectivity index is 2.75. The van der Waals surface area contributed by atoms with Gasteiger partial charge in [-0.25, -0.2) is 8.93 Å². The minimum Gasteiger partial charge on any atom is -0.298 e. The smallest absolute Gasteiger partial charge is 0.150 e. The molecule has 0 bridgehead atoms. The summed E-state index contributed by atoms with van der Waals surface area (Å²) in [5, 5.41) is 0. The first-order valence-electron chi connectivity index (χ1n) is 4.28. The second-order valence-electron chi connectivity index (χ2n) is 3.08. The SMILES string of the molecule is C[C@@H](NS(C)=O)c1ccc(C=O)cc1. The van der Waals surface area contributed by atoms with Crippen LogP contribution in [0.25, 0.3) is 0 Å². The minimum atomic E-state index is -1.02. The minimum absolute atomic E-state index is 0.0292. The summed E-state index contributed by atoms with van der Waals surface area (Å²) in [4.78, 5) is 10.4. The maximum absolute atomic E-state index is 10.9. The first kappa shape index (κ1) is 11.1. The summed E-state index contributed by atoms with van der Waals surface area (Å²) in [5.74, 6) is 0. The van der Waals surface area contributed by atoms with Gasteiger partial charge in [-0.1, -0.05) is 24.3 Å². The van der Waals surface area contributed by atoms with Gasteiger partial charge in [-0.2, -0.15) is 0 Å². The van der Waals surface area contributed by atoms with E-state index in [1.807, 2.05) is 19.1 Å². The second kappa shape index (κ2) is 5.02. The number of hydrogen-bond donors (Lipinski definition) is 1. The van der Waals surface area contributed by atoms with Crippen molar-refractivity contribution in [1.29, 1.82) is 0 Å². The van der Waals surface area contributed by atoms with Gasteiger partial charge < -0.3 is 0 Å². The highest BCUT2D eigenvalue weighted by atomic mass is 32.2. The standard InChI is InChI=1S/C10H13NO2S/c1-8(11-14(2)13)10-5-3-9(7-12)4-6-10/h3-8,11H,1-2H3/t8-,14?/m1/s1. The zero-order chi connectivity index (χ0) is 10.6. The van der Waals surface area contributed by atoms with Crippen molar-refractivity contribution < 1.29 is 9.00 Å². The molecule has 0 aromatic heterocycles. The molecule has 1 aromatic carbocycles. The van der Waals surface area contributed by atoms with Gasteiger partial charge in [0.1, 0.15) is 6.29 Å². The second-order valence-corrected chi connectivity index (χ2v) is 4.22. The zero-order valence-corrected chi connectivity index (χ0v) is 9.01. The Hall–Kier alpha value is -1.00. The van der Waals surface area contributed by atoms with E-state index >= 15 is 0 Å². The van der Waals surface area contributed by atoms with E-state index in [1.165, 1.54) is 0 Å². The lowest BCUT2D eigenvalue weighted by Crippen LogP contribution is -2.19. The van der Waals surface area contributed by atoms with Crippen molar-refractivity contribution in [1.82, 2.24) is 4.72 Å². The molecule has 14 heavy (non-hydrogen) atoms. The first-order chi connectivity index (χ1) is 6.63. The fourth-order valence-electron chi connectivity index (χ4n) is 1.18. The van der Waals surface area contributed by atoms with Crippen LogP contribution in [0.5, 0.6) is 0 Å². The molecule has 1 N–H and O–H groups in total. The number of benzene rings is 1. The molecule has 0 amide bonds. The molecule has 1 aromatic rings. The predicted octanol–water partition coefficient (Wildman–Crippen LogP) is 1.44. The Labute approximate surface area is 86.1 Å². The largest absolute Gasteiger partial charge is 0.298 e. The molecule has 0 radical (unpaired) electrons. The third-order valence-corrected chi connectivity index (χ3v) is 2.60. The Morgan fingerprint density at radius 1 is 1.36 bits per heavy atom. The summed E-state index contributed by atoms with van der Waals surface area (Å²) >= 11 is 0. The summed E-state index contributed by atoms with van der Waals surface area (Å²) in [6.07, 6.45) is 2.40. The summed E-state index contributed by atoms with van der Waals surface area (Å²) in [6.45, 7) is 1.93. The van der Waals surface area contributed by atoms with Crippen molar-refractivity contribution in [3.8, 4) is 0 Å². The lowest BCUT2D eigenvalue weighted by Gasteiger charge is -2.11. The molecule has 2 atom stereocenters. The van der Waals surface area contributed by atoms with Crippen LogP contribution in [0.3, 0.4) is 0 Å². The van der Waals surface area contributed by atoms with Crippen LogP contribution < -0.4 is 4.72 Å². The summed E-state index contributed by atoms with van der Waals surface area (Å²) in [7, 11) is -1.02. The number of rotatable bonds is 4. The summed E-state index contributed by atoms with van der Waals surface area (Å²) in [5.41, 5.74) is 1.67. The molecular weight excluding hydrogens is 198 g/mol. The van der Waals surface area contributed by atoms with E-state index in [2.05, 4.69) is 4.72 Å². The number of carbonyl (C=O) groups excluding carboxylic acids is 1. The fourth-order valence-corrected chi connectivity index (χ4v) is 1.81. The number of nitrogens with one attached hydrogen (secondary N) is 1. The van der Waals surface area contributed by atoms with Gasteiger partial charge in [-0.15, -0.1) is 0 Å². The lowest BCUT2D eigenvalue weighted by atomic mass is 10.1. The normalized spacial score (nSPS) is 14.7. The van der Waals surface area contributed by atoms with Crippen molar-refractivity contribution in [3.63, 3.8) is 0 Å². The van der Waals surface area contributed by atoms with Crippen LogP contribution in [0.2, 0.25) is 0 Å². The Bertz CT molecular complexity index is 334. The van der Waals surface area contributed by atoms with Crippen LogP contribution in [0, 0.1) is 0 Å². The van der Waals surface area contributed by atoms with E-state index in [0.717, 1.165) is 11.8 Å². The monoisotopic (exact) mass is 211 g/mol. The highest BCUT2D eigenvalue weighted by Gasteiger charge is 2.05. The quantitative estimate of drug-likeness (QED) is 0.766. The van der Waals surface area contributed by atoms with Crippen LogP contribution in [0.4, 0.5) is 0 Å². The van der Waals surface area contributed by atoms with Gasteiger partial charge in [-0.05, 0) is 12.5 Å². The van der Waals surface area contributed by atoms with Gasteiger partial charge in [-0.3, -0.25) is 4.79 Å². The predicted molar refractivity (Wildman–Crippen MR) is 57.4 cm³/mol. The fraction of sp³-hybridized carbons (Fsp3) is 0.300. The molecule has 0 aliphatic heterocycles. The summed E-state index contributed by atoms with van der Waals surface area (Å²) < 4.78 is 13.8. The maximum atomic E-state index is 10.9. The zero-order valence-electron chi connectivity index (χ0n) is 8.19. The average Bonchev–Trinajstić information content (AvgIpc) is 2.17. The topological polar surface area (TPSA) is 46.2 Å². The van der Waals surface area contributed by atoms with E-state index < -0.39 is 11.0 Å². The van der Waals surface area contributed by atoms with Crippen molar-refractivity contribution in [2.75, 3.05) is 6.26 Å². The van der Waals surface area contributed by atoms with E-state index in [9.17, 15) is 9.00 Å². The molecule has 0 aliphatic carbocycles. The molecule has 3 nitrogen and oxygen atoms in total. The third kappa shape index (κ3) is 3.05. The van der Waals surface area contributed by atoms with E-state index in [0.29, 0.717) is 5.56 Å². The Morgan fingerprint density at radius 3 is 2.36 bits per heavy atom. The Morgan fingerprint density at radius 2 is 1.93 bits per heavy atom. The van der Waals surface area contributed by atoms with Gasteiger partial charge in [0.15, 0.2) is 0 Å². The molecular formula is C10H13NO2S. The van der Waals surface area contributed by atoms with Gasteiger partial charge in [0.25, 0.3) is 0 Å². The third-order valence-electron chi connectivity index (χ3n) is 1.92.